The second-order valence-electron chi connectivity index (χ2n) is 9.83. The minimum absolute atomic E-state index is 0.0687. The van der Waals surface area contributed by atoms with Gasteiger partial charge < -0.3 is 4.57 Å². The number of fused-ring (bicyclic) bond motifs is 1. The van der Waals surface area contributed by atoms with Gasteiger partial charge in [-0.25, -0.2) is 8.78 Å². The van der Waals surface area contributed by atoms with Gasteiger partial charge >= 0.3 is 6.18 Å². The summed E-state index contributed by atoms with van der Waals surface area (Å²) in [6, 6.07) is 5.13. The van der Waals surface area contributed by atoms with Gasteiger partial charge in [0.1, 0.15) is 11.6 Å². The van der Waals surface area contributed by atoms with Gasteiger partial charge in [-0.2, -0.15) is 13.2 Å². The Hall–Kier alpha value is -2.06. The molecule has 0 radical (unpaired) electrons. The highest BCUT2D eigenvalue weighted by molar-refractivity contribution is 7.98. The van der Waals surface area contributed by atoms with E-state index in [1.807, 2.05) is 10.8 Å². The van der Waals surface area contributed by atoms with Crippen LogP contribution in [0, 0.1) is 17.0 Å². The Labute approximate surface area is 194 Å². The van der Waals surface area contributed by atoms with Crippen LogP contribution in [0.2, 0.25) is 0 Å². The maximum absolute atomic E-state index is 15.2. The van der Waals surface area contributed by atoms with Crippen molar-refractivity contribution in [3.63, 3.8) is 0 Å². The summed E-state index contributed by atoms with van der Waals surface area (Å²) in [6.07, 6.45) is 0.289. The number of rotatable bonds is 7. The largest absolute Gasteiger partial charge is 0.417 e. The summed E-state index contributed by atoms with van der Waals surface area (Å²) in [7, 11) is 0. The third-order valence-corrected chi connectivity index (χ3v) is 6.76. The van der Waals surface area contributed by atoms with E-state index < -0.39 is 23.4 Å². The molecule has 1 aliphatic carbocycles. The van der Waals surface area contributed by atoms with E-state index in [0.717, 1.165) is 17.7 Å². The predicted molar refractivity (Wildman–Crippen MR) is 124 cm³/mol. The molecule has 3 aromatic rings. The molecule has 1 N–H and O–H groups in total. The highest BCUT2D eigenvalue weighted by Crippen LogP contribution is 2.40. The van der Waals surface area contributed by atoms with E-state index in [-0.39, 0.29) is 16.5 Å². The summed E-state index contributed by atoms with van der Waals surface area (Å²) < 4.78 is 74.9. The lowest BCUT2D eigenvalue weighted by Gasteiger charge is -2.18. The second kappa shape index (κ2) is 8.95. The fourth-order valence-electron chi connectivity index (χ4n) is 4.00. The first-order valence-corrected chi connectivity index (χ1v) is 11.9. The molecule has 1 saturated carbocycles. The maximum atomic E-state index is 15.2. The van der Waals surface area contributed by atoms with Crippen LogP contribution >= 0.6 is 11.9 Å². The molecule has 0 aliphatic heterocycles. The summed E-state index contributed by atoms with van der Waals surface area (Å²) in [5.74, 6) is -1.77. The predicted octanol–water partition coefficient (Wildman–Crippen LogP) is 7.59. The molecule has 8 heteroatoms. The lowest BCUT2D eigenvalue weighted by Crippen LogP contribution is -2.13. The first-order valence-electron chi connectivity index (χ1n) is 11.0. The van der Waals surface area contributed by atoms with E-state index in [4.69, 9.17) is 0 Å². The number of nitrogens with one attached hydrogen (secondary N) is 1. The molecule has 0 saturated heterocycles. The van der Waals surface area contributed by atoms with Gasteiger partial charge in [-0.1, -0.05) is 38.8 Å². The summed E-state index contributed by atoms with van der Waals surface area (Å²) in [4.78, 5) is 0. The van der Waals surface area contributed by atoms with Crippen LogP contribution in [0.3, 0.4) is 0 Å². The number of alkyl halides is 3. The molecular formula is C25H27F5N2S. The van der Waals surface area contributed by atoms with Crippen molar-refractivity contribution >= 4 is 22.9 Å². The molecule has 0 spiro atoms. The molecule has 1 aromatic heterocycles. The number of hydrogen-bond acceptors (Lipinski definition) is 2. The Kier molecular flexibility index (Phi) is 6.53. The molecule has 0 atom stereocenters. The van der Waals surface area contributed by atoms with Crippen molar-refractivity contribution in [2.75, 3.05) is 6.54 Å². The SMILES string of the molecule is CC(C)(C)Cc1cn(CCNSC2CC2)c2cc(F)c(-c3ccc(F)cc3C(F)(F)F)cc12. The molecular weight excluding hydrogens is 455 g/mol. The summed E-state index contributed by atoms with van der Waals surface area (Å²) in [5, 5.41) is 1.38. The van der Waals surface area contributed by atoms with Gasteiger partial charge in [0.15, 0.2) is 0 Å². The van der Waals surface area contributed by atoms with E-state index >= 15 is 4.39 Å². The van der Waals surface area contributed by atoms with Gasteiger partial charge in [0.05, 0.1) is 11.1 Å². The average Bonchev–Trinajstić information content (AvgIpc) is 3.47. The van der Waals surface area contributed by atoms with Crippen molar-refractivity contribution < 1.29 is 22.0 Å². The van der Waals surface area contributed by atoms with Crippen LogP contribution in [0.1, 0.15) is 44.7 Å². The minimum Gasteiger partial charge on any atom is -0.346 e. The summed E-state index contributed by atoms with van der Waals surface area (Å²) in [6.45, 7) is 7.55. The van der Waals surface area contributed by atoms with Crippen LogP contribution in [0.4, 0.5) is 22.0 Å². The van der Waals surface area contributed by atoms with E-state index in [1.54, 1.807) is 11.9 Å². The molecule has 4 rings (SSSR count). The van der Waals surface area contributed by atoms with Crippen LogP contribution in [0.5, 0.6) is 0 Å². The Bertz CT molecular complexity index is 1160. The van der Waals surface area contributed by atoms with Crippen molar-refractivity contribution in [2.45, 2.75) is 58.0 Å². The van der Waals surface area contributed by atoms with Gasteiger partial charge in [-0.15, -0.1) is 0 Å². The zero-order valence-corrected chi connectivity index (χ0v) is 19.6. The van der Waals surface area contributed by atoms with E-state index in [0.29, 0.717) is 41.7 Å². The van der Waals surface area contributed by atoms with E-state index in [9.17, 15) is 17.6 Å². The van der Waals surface area contributed by atoms with Gasteiger partial charge in [0.2, 0.25) is 0 Å². The fourth-order valence-corrected chi connectivity index (χ4v) is 4.82. The Morgan fingerprint density at radius 2 is 1.76 bits per heavy atom. The molecule has 1 fully saturated rings. The quantitative estimate of drug-likeness (QED) is 0.212. The second-order valence-corrected chi connectivity index (χ2v) is 11.0. The minimum atomic E-state index is -4.80. The lowest BCUT2D eigenvalue weighted by molar-refractivity contribution is -0.137. The summed E-state index contributed by atoms with van der Waals surface area (Å²) >= 11 is 1.72. The first-order chi connectivity index (χ1) is 15.4. The molecule has 2 aromatic carbocycles. The van der Waals surface area contributed by atoms with Gasteiger partial charge in [-0.05, 0) is 60.1 Å². The highest BCUT2D eigenvalue weighted by Gasteiger charge is 2.35. The Morgan fingerprint density at radius 3 is 2.39 bits per heavy atom. The number of nitrogens with zero attached hydrogens (tertiary/aromatic N) is 1. The van der Waals surface area contributed by atoms with Gasteiger partial charge in [0.25, 0.3) is 0 Å². The fraction of sp³-hybridized carbons (Fsp3) is 0.440. The third kappa shape index (κ3) is 5.72. The van der Waals surface area contributed by atoms with Crippen molar-refractivity contribution in [1.82, 2.24) is 9.29 Å². The van der Waals surface area contributed by atoms with Crippen LogP contribution in [-0.4, -0.2) is 16.4 Å². The van der Waals surface area contributed by atoms with Crippen LogP contribution in [-0.2, 0) is 19.1 Å². The Morgan fingerprint density at radius 1 is 1.03 bits per heavy atom. The maximum Gasteiger partial charge on any atom is 0.417 e. The molecule has 0 bridgehead atoms. The first kappa shape index (κ1) is 24.1. The molecule has 33 heavy (non-hydrogen) atoms. The number of halogens is 5. The zero-order valence-electron chi connectivity index (χ0n) is 18.8. The smallest absolute Gasteiger partial charge is 0.346 e. The van der Waals surface area contributed by atoms with Crippen LogP contribution in [0.15, 0.2) is 36.5 Å². The number of hydrogen-bond donors (Lipinski definition) is 1. The van der Waals surface area contributed by atoms with Crippen molar-refractivity contribution in [3.8, 4) is 11.1 Å². The van der Waals surface area contributed by atoms with Crippen LogP contribution in [0.25, 0.3) is 22.0 Å². The molecule has 2 nitrogen and oxygen atoms in total. The average molecular weight is 483 g/mol. The monoisotopic (exact) mass is 482 g/mol. The number of aromatic nitrogens is 1. The van der Waals surface area contributed by atoms with E-state index in [2.05, 4.69) is 25.5 Å². The van der Waals surface area contributed by atoms with Crippen molar-refractivity contribution in [1.29, 1.82) is 0 Å². The van der Waals surface area contributed by atoms with Crippen molar-refractivity contribution in [3.05, 3.63) is 59.3 Å². The van der Waals surface area contributed by atoms with Crippen LogP contribution < -0.4 is 4.72 Å². The summed E-state index contributed by atoms with van der Waals surface area (Å²) in [5.41, 5.74) is -0.196. The third-order valence-electron chi connectivity index (χ3n) is 5.58. The normalized spacial score (nSPS) is 14.9. The molecule has 0 unspecified atom stereocenters. The molecule has 1 aliphatic rings. The molecule has 0 amide bonds. The molecule has 178 valence electrons. The zero-order chi connectivity index (χ0) is 24.0. The number of benzene rings is 2. The lowest BCUT2D eigenvalue weighted by atomic mass is 9.87. The topological polar surface area (TPSA) is 17.0 Å². The van der Waals surface area contributed by atoms with E-state index in [1.165, 1.54) is 25.0 Å². The van der Waals surface area contributed by atoms with Gasteiger partial charge in [-0.3, -0.25) is 4.72 Å². The highest BCUT2D eigenvalue weighted by atomic mass is 32.2. The molecule has 1 heterocycles. The Balaban J connectivity index is 1.78. The van der Waals surface area contributed by atoms with Crippen molar-refractivity contribution in [2.24, 2.45) is 5.41 Å². The van der Waals surface area contributed by atoms with Gasteiger partial charge in [0, 0.05) is 35.5 Å². The standard InChI is InChI=1S/C25H27F5N2S/c1-24(2,3)13-15-14-32(9-8-31-33-17-5-6-17)23-12-22(27)20(11-19(15)23)18-7-4-16(26)10-21(18)25(28,29)30/h4,7,10-12,14,17,31H,5-6,8-9,13H2,1-3H3.